The molecule has 5 heteroatoms. The topological polar surface area (TPSA) is 63.4 Å². The van der Waals surface area contributed by atoms with Crippen molar-refractivity contribution in [3.05, 3.63) is 23.8 Å². The summed E-state index contributed by atoms with van der Waals surface area (Å²) in [5.74, 6) is 0.174. The third-order valence-corrected chi connectivity index (χ3v) is 5.37. The Morgan fingerprint density at radius 3 is 2.78 bits per heavy atom. The molecule has 2 rings (SSSR count). The molecule has 100 valence electrons. The van der Waals surface area contributed by atoms with Crippen LogP contribution in [0.25, 0.3) is 0 Å². The number of aryl methyl sites for hydroxylation is 1. The molecule has 1 aliphatic heterocycles. The van der Waals surface area contributed by atoms with Crippen LogP contribution in [0.1, 0.15) is 19.4 Å². The summed E-state index contributed by atoms with van der Waals surface area (Å²) < 4.78 is 24.5. The Labute approximate surface area is 109 Å². The van der Waals surface area contributed by atoms with E-state index < -0.39 is 9.84 Å². The van der Waals surface area contributed by atoms with E-state index in [9.17, 15) is 8.42 Å². The van der Waals surface area contributed by atoms with Gasteiger partial charge in [-0.1, -0.05) is 19.1 Å². The van der Waals surface area contributed by atoms with E-state index in [2.05, 4.69) is 4.90 Å². The van der Waals surface area contributed by atoms with Gasteiger partial charge in [-0.05, 0) is 25.0 Å². The molecule has 0 fully saturated rings. The van der Waals surface area contributed by atoms with Crippen molar-refractivity contribution in [2.24, 2.45) is 5.73 Å². The summed E-state index contributed by atoms with van der Waals surface area (Å²) in [6.45, 7) is 5.22. The Kier molecular flexibility index (Phi) is 3.64. The number of para-hydroxylation sites is 1. The van der Waals surface area contributed by atoms with Crippen LogP contribution >= 0.6 is 0 Å². The van der Waals surface area contributed by atoms with Crippen LogP contribution in [0.5, 0.6) is 0 Å². The molecular formula is C13H20N2O2S. The number of hydrogen-bond acceptors (Lipinski definition) is 4. The van der Waals surface area contributed by atoms with Crippen LogP contribution in [0, 0.1) is 0 Å². The summed E-state index contributed by atoms with van der Waals surface area (Å²) >= 11 is 0. The molecule has 4 nitrogen and oxygen atoms in total. The fraction of sp³-hybridized carbons (Fsp3) is 0.538. The highest BCUT2D eigenvalue weighted by Gasteiger charge is 2.34. The molecule has 1 atom stereocenters. The van der Waals surface area contributed by atoms with Crippen LogP contribution in [0.3, 0.4) is 0 Å². The van der Waals surface area contributed by atoms with E-state index >= 15 is 0 Å². The minimum atomic E-state index is -3.16. The van der Waals surface area contributed by atoms with Gasteiger partial charge in [-0.15, -0.1) is 0 Å². The molecule has 0 radical (unpaired) electrons. The SMILES string of the molecule is CCc1cccc2c1N(CCN)C(C)CS2(=O)=O. The first-order chi connectivity index (χ1) is 8.51. The molecule has 1 aromatic rings. The number of rotatable bonds is 3. The summed E-state index contributed by atoms with van der Waals surface area (Å²) in [6, 6.07) is 5.51. The zero-order valence-electron chi connectivity index (χ0n) is 10.9. The first-order valence-electron chi connectivity index (χ1n) is 6.32. The molecule has 0 bridgehead atoms. The zero-order chi connectivity index (χ0) is 13.3. The van der Waals surface area contributed by atoms with Gasteiger partial charge in [-0.3, -0.25) is 0 Å². The number of sulfone groups is 1. The predicted octanol–water partition coefficient (Wildman–Crippen LogP) is 1.19. The number of anilines is 1. The highest BCUT2D eigenvalue weighted by Crippen LogP contribution is 2.36. The third kappa shape index (κ3) is 2.12. The number of benzene rings is 1. The maximum Gasteiger partial charge on any atom is 0.182 e. The Balaban J connectivity index is 2.65. The Bertz CT molecular complexity index is 540. The molecule has 0 aliphatic carbocycles. The number of fused-ring (bicyclic) bond motifs is 1. The van der Waals surface area contributed by atoms with Gasteiger partial charge in [0.15, 0.2) is 9.84 Å². The highest BCUT2D eigenvalue weighted by molar-refractivity contribution is 7.91. The zero-order valence-corrected chi connectivity index (χ0v) is 11.7. The maximum atomic E-state index is 12.2. The van der Waals surface area contributed by atoms with E-state index in [0.29, 0.717) is 18.0 Å². The van der Waals surface area contributed by atoms with Gasteiger partial charge < -0.3 is 10.6 Å². The van der Waals surface area contributed by atoms with Crippen molar-refractivity contribution in [3.8, 4) is 0 Å². The summed E-state index contributed by atoms with van der Waals surface area (Å²) in [4.78, 5) is 2.60. The standard InChI is InChI=1S/C13H20N2O2S/c1-3-11-5-4-6-12-13(11)15(8-7-14)10(2)9-18(12,16)17/h4-6,10H,3,7-9,14H2,1-2H3. The third-order valence-electron chi connectivity index (χ3n) is 3.45. The Morgan fingerprint density at radius 2 is 2.17 bits per heavy atom. The molecule has 1 unspecified atom stereocenters. The van der Waals surface area contributed by atoms with E-state index in [4.69, 9.17) is 5.73 Å². The molecule has 0 spiro atoms. The van der Waals surface area contributed by atoms with Crippen molar-refractivity contribution in [2.45, 2.75) is 31.2 Å². The molecule has 1 aromatic carbocycles. The van der Waals surface area contributed by atoms with E-state index in [1.807, 2.05) is 26.0 Å². The van der Waals surface area contributed by atoms with Crippen molar-refractivity contribution in [1.29, 1.82) is 0 Å². The molecule has 2 N–H and O–H groups in total. The average molecular weight is 268 g/mol. The van der Waals surface area contributed by atoms with Gasteiger partial charge in [0.05, 0.1) is 16.3 Å². The summed E-state index contributed by atoms with van der Waals surface area (Å²) in [5.41, 5.74) is 7.59. The summed E-state index contributed by atoms with van der Waals surface area (Å²) in [6.07, 6.45) is 0.826. The van der Waals surface area contributed by atoms with E-state index in [1.165, 1.54) is 0 Å². The van der Waals surface area contributed by atoms with Crippen molar-refractivity contribution in [1.82, 2.24) is 0 Å². The molecule has 0 aromatic heterocycles. The fourth-order valence-corrected chi connectivity index (χ4v) is 4.44. The van der Waals surface area contributed by atoms with Crippen LogP contribution in [-0.4, -0.2) is 33.3 Å². The second kappa shape index (κ2) is 4.90. The first-order valence-corrected chi connectivity index (χ1v) is 7.97. The Hall–Kier alpha value is -1.07. The van der Waals surface area contributed by atoms with E-state index in [1.54, 1.807) is 6.07 Å². The van der Waals surface area contributed by atoms with Crippen molar-refractivity contribution >= 4 is 15.5 Å². The number of hydrogen-bond donors (Lipinski definition) is 1. The molecule has 0 amide bonds. The lowest BCUT2D eigenvalue weighted by Crippen LogP contribution is -2.45. The van der Waals surface area contributed by atoms with Gasteiger partial charge in [0.2, 0.25) is 0 Å². The number of nitrogens with two attached hydrogens (primary N) is 1. The van der Waals surface area contributed by atoms with Crippen LogP contribution in [0.15, 0.2) is 23.1 Å². The molecule has 1 aliphatic rings. The lowest BCUT2D eigenvalue weighted by atomic mass is 10.1. The largest absolute Gasteiger partial charge is 0.365 e. The second-order valence-electron chi connectivity index (χ2n) is 4.73. The fourth-order valence-electron chi connectivity index (χ4n) is 2.62. The Morgan fingerprint density at radius 1 is 1.44 bits per heavy atom. The normalized spacial score (nSPS) is 21.7. The smallest absolute Gasteiger partial charge is 0.182 e. The molecule has 1 heterocycles. The quantitative estimate of drug-likeness (QED) is 0.894. The number of nitrogens with zero attached hydrogens (tertiary/aromatic N) is 1. The molecular weight excluding hydrogens is 248 g/mol. The second-order valence-corrected chi connectivity index (χ2v) is 6.73. The van der Waals surface area contributed by atoms with Crippen LogP contribution in [0.2, 0.25) is 0 Å². The molecule has 18 heavy (non-hydrogen) atoms. The van der Waals surface area contributed by atoms with Gasteiger partial charge in [0, 0.05) is 19.1 Å². The van der Waals surface area contributed by atoms with E-state index in [0.717, 1.165) is 17.7 Å². The van der Waals surface area contributed by atoms with Crippen molar-refractivity contribution < 1.29 is 8.42 Å². The molecule has 0 saturated heterocycles. The van der Waals surface area contributed by atoms with Gasteiger partial charge in [0.1, 0.15) is 0 Å². The minimum Gasteiger partial charge on any atom is -0.365 e. The van der Waals surface area contributed by atoms with E-state index in [-0.39, 0.29) is 11.8 Å². The summed E-state index contributed by atoms with van der Waals surface area (Å²) in [5, 5.41) is 0. The summed E-state index contributed by atoms with van der Waals surface area (Å²) in [7, 11) is -3.16. The van der Waals surface area contributed by atoms with Gasteiger partial charge in [-0.25, -0.2) is 8.42 Å². The predicted molar refractivity (Wildman–Crippen MR) is 73.7 cm³/mol. The highest BCUT2D eigenvalue weighted by atomic mass is 32.2. The lowest BCUT2D eigenvalue weighted by molar-refractivity contribution is 0.571. The van der Waals surface area contributed by atoms with Crippen LogP contribution in [-0.2, 0) is 16.3 Å². The van der Waals surface area contributed by atoms with Gasteiger partial charge in [0.25, 0.3) is 0 Å². The van der Waals surface area contributed by atoms with Gasteiger partial charge >= 0.3 is 0 Å². The maximum absolute atomic E-state index is 12.2. The lowest BCUT2D eigenvalue weighted by Gasteiger charge is -2.37. The van der Waals surface area contributed by atoms with Crippen LogP contribution in [0.4, 0.5) is 5.69 Å². The van der Waals surface area contributed by atoms with Crippen molar-refractivity contribution in [3.63, 3.8) is 0 Å². The van der Waals surface area contributed by atoms with Crippen molar-refractivity contribution in [2.75, 3.05) is 23.7 Å². The van der Waals surface area contributed by atoms with Crippen LogP contribution < -0.4 is 10.6 Å². The monoisotopic (exact) mass is 268 g/mol. The molecule has 0 saturated carbocycles. The average Bonchev–Trinajstić information content (AvgIpc) is 2.33. The first kappa shape index (κ1) is 13.4. The van der Waals surface area contributed by atoms with Gasteiger partial charge in [-0.2, -0.15) is 0 Å². The minimum absolute atomic E-state index is 0.0150.